The van der Waals surface area contributed by atoms with Crippen molar-refractivity contribution in [3.05, 3.63) is 0 Å². The van der Waals surface area contributed by atoms with E-state index >= 15 is 0 Å². The molecule has 0 N–H and O–H groups in total. The Morgan fingerprint density at radius 1 is 0.647 bits per heavy atom. The summed E-state index contributed by atoms with van der Waals surface area (Å²) in [6.45, 7) is 5.52. The van der Waals surface area contributed by atoms with E-state index < -0.39 is 0 Å². The number of rotatable bonds is 5. The van der Waals surface area contributed by atoms with Gasteiger partial charge < -0.3 is 4.74 Å². The lowest BCUT2D eigenvalue weighted by Crippen LogP contribution is -2.43. The van der Waals surface area contributed by atoms with Crippen LogP contribution in [-0.2, 0) is 4.74 Å². The Labute approximate surface area is 211 Å². The van der Waals surface area contributed by atoms with E-state index in [1.54, 1.807) is 51.4 Å². The number of fused-ring (bicyclic) bond motifs is 2. The molecule has 34 heavy (non-hydrogen) atoms. The maximum Gasteiger partial charge on any atom is 0.187 e. The van der Waals surface area contributed by atoms with Crippen LogP contribution in [0.25, 0.3) is 0 Å². The van der Waals surface area contributed by atoms with Crippen molar-refractivity contribution >= 4 is 13.8 Å². The van der Waals surface area contributed by atoms with Gasteiger partial charge in [-0.15, -0.1) is 0 Å². The highest BCUT2D eigenvalue weighted by atomic mass is 31.1. The molecular weight excluding hydrogens is 433 g/mol. The van der Waals surface area contributed by atoms with Gasteiger partial charge in [0.25, 0.3) is 0 Å². The molecule has 7 unspecified atom stereocenters. The maximum absolute atomic E-state index is 6.44. The molecule has 0 radical (unpaired) electrons. The molecule has 0 bridgehead atoms. The lowest BCUT2D eigenvalue weighted by atomic mass is 9.70. The lowest BCUT2D eigenvalue weighted by molar-refractivity contribution is 0.162. The average molecular weight is 486 g/mol. The predicted octanol–water partition coefficient (Wildman–Crippen LogP) is 8.81. The number of aliphatic imine (C=N–C) groups is 1. The highest BCUT2D eigenvalue weighted by molar-refractivity contribution is 7.60. The Kier molecular flexibility index (Phi) is 7.64. The van der Waals surface area contributed by atoms with Crippen molar-refractivity contribution in [3.63, 3.8) is 0 Å². The molecule has 2 nitrogen and oxygen atoms in total. The molecule has 0 aromatic rings. The van der Waals surface area contributed by atoms with E-state index in [2.05, 4.69) is 13.8 Å². The van der Waals surface area contributed by atoms with Crippen LogP contribution in [0.1, 0.15) is 123 Å². The SMILES string of the molecule is CC(C)[C@H]1COC([C@@H]2CCCC2P(C2CCCC3CCCCC32)C2CCCC3CCCCC32)=N1. The zero-order valence-corrected chi connectivity index (χ0v) is 23.2. The van der Waals surface area contributed by atoms with Crippen molar-refractivity contribution < 1.29 is 4.74 Å². The van der Waals surface area contributed by atoms with Crippen molar-refractivity contribution in [1.82, 2.24) is 0 Å². The fraction of sp³-hybridized carbons (Fsp3) is 0.968. The van der Waals surface area contributed by atoms with E-state index in [0.29, 0.717) is 17.9 Å². The summed E-state index contributed by atoms with van der Waals surface area (Å²) in [5.74, 6) is 6.81. The standard InChI is InChI=1S/C31H52NOP/c1-21(2)27-20-33-31(32-27)26-16-9-19-30(26)34(28-17-7-12-22-10-3-5-14-24(22)28)29-18-8-13-23-11-4-6-15-25(23)29/h21-30H,3-20H2,1-2H3/t22?,23?,24?,25?,26-,27-,28?,29?,30?,34?/m1/s1. The highest BCUT2D eigenvalue weighted by Crippen LogP contribution is 2.68. The molecule has 0 spiro atoms. The van der Waals surface area contributed by atoms with Crippen LogP contribution in [0.15, 0.2) is 4.99 Å². The molecular formula is C31H52NOP. The van der Waals surface area contributed by atoms with Crippen LogP contribution in [-0.4, -0.2) is 35.5 Å². The van der Waals surface area contributed by atoms with Crippen LogP contribution in [0, 0.1) is 35.5 Å². The zero-order valence-electron chi connectivity index (χ0n) is 22.3. The van der Waals surface area contributed by atoms with E-state index in [9.17, 15) is 0 Å². The molecule has 0 aromatic carbocycles. The molecule has 1 aliphatic heterocycles. The fourth-order valence-corrected chi connectivity index (χ4v) is 15.1. The van der Waals surface area contributed by atoms with Crippen LogP contribution in [0.2, 0.25) is 0 Å². The predicted molar refractivity (Wildman–Crippen MR) is 146 cm³/mol. The van der Waals surface area contributed by atoms with Crippen LogP contribution < -0.4 is 0 Å². The number of hydrogen-bond donors (Lipinski definition) is 0. The summed E-state index contributed by atoms with van der Waals surface area (Å²) >= 11 is 0. The molecule has 5 fully saturated rings. The molecule has 6 aliphatic rings. The first-order chi connectivity index (χ1) is 16.7. The van der Waals surface area contributed by atoms with Crippen LogP contribution in [0.3, 0.4) is 0 Å². The highest BCUT2D eigenvalue weighted by Gasteiger charge is 2.51. The third-order valence-electron chi connectivity index (χ3n) is 11.5. The molecule has 5 aliphatic carbocycles. The molecule has 6 rings (SSSR count). The number of ether oxygens (including phenoxy) is 1. The van der Waals surface area contributed by atoms with Gasteiger partial charge in [-0.2, -0.15) is 0 Å². The quantitative estimate of drug-likeness (QED) is 0.356. The van der Waals surface area contributed by atoms with Crippen molar-refractivity contribution in [1.29, 1.82) is 0 Å². The van der Waals surface area contributed by atoms with Gasteiger partial charge in [-0.25, -0.2) is 4.99 Å². The van der Waals surface area contributed by atoms with Gasteiger partial charge >= 0.3 is 0 Å². The average Bonchev–Trinajstić information content (AvgIpc) is 3.55. The van der Waals surface area contributed by atoms with Crippen LogP contribution in [0.4, 0.5) is 0 Å². The molecule has 5 saturated carbocycles. The van der Waals surface area contributed by atoms with Gasteiger partial charge in [0.15, 0.2) is 5.90 Å². The monoisotopic (exact) mass is 485 g/mol. The first-order valence-electron chi connectivity index (χ1n) is 15.7. The van der Waals surface area contributed by atoms with E-state index in [4.69, 9.17) is 9.73 Å². The Morgan fingerprint density at radius 3 is 1.76 bits per heavy atom. The van der Waals surface area contributed by atoms with E-state index in [0.717, 1.165) is 47.3 Å². The van der Waals surface area contributed by atoms with Gasteiger partial charge in [0, 0.05) is 5.92 Å². The third-order valence-corrected chi connectivity index (χ3v) is 15.7. The van der Waals surface area contributed by atoms with Gasteiger partial charge in [-0.1, -0.05) is 92.4 Å². The summed E-state index contributed by atoms with van der Waals surface area (Å²) in [7, 11) is 0.0688. The van der Waals surface area contributed by atoms with Gasteiger partial charge in [0.05, 0.1) is 6.04 Å². The minimum absolute atomic E-state index is 0.0688. The Balaban J connectivity index is 1.33. The van der Waals surface area contributed by atoms with E-state index in [1.807, 2.05) is 0 Å². The number of nitrogens with zero attached hydrogens (tertiary/aromatic N) is 1. The smallest absolute Gasteiger partial charge is 0.187 e. The van der Waals surface area contributed by atoms with E-state index in [-0.39, 0.29) is 7.92 Å². The van der Waals surface area contributed by atoms with Crippen LogP contribution in [0.5, 0.6) is 0 Å². The first kappa shape index (κ1) is 24.2. The zero-order chi connectivity index (χ0) is 23.1. The summed E-state index contributed by atoms with van der Waals surface area (Å²) in [5.41, 5.74) is 3.08. The Bertz CT molecular complexity index is 682. The van der Waals surface area contributed by atoms with Gasteiger partial charge in [-0.05, 0) is 85.1 Å². The summed E-state index contributed by atoms with van der Waals surface area (Å²) in [6, 6.07) is 0.414. The molecule has 192 valence electrons. The van der Waals surface area contributed by atoms with Gasteiger partial charge in [-0.3, -0.25) is 0 Å². The second kappa shape index (κ2) is 10.7. The van der Waals surface area contributed by atoms with E-state index in [1.165, 1.54) is 63.7 Å². The fourth-order valence-electron chi connectivity index (χ4n) is 9.83. The normalized spacial score (nSPS) is 45.9. The van der Waals surface area contributed by atoms with Crippen molar-refractivity contribution in [2.45, 2.75) is 146 Å². The Hall–Kier alpha value is -0.100. The van der Waals surface area contributed by atoms with Crippen molar-refractivity contribution in [3.8, 4) is 0 Å². The number of hydrogen-bond acceptors (Lipinski definition) is 2. The molecule has 3 heteroatoms. The van der Waals surface area contributed by atoms with Crippen molar-refractivity contribution in [2.75, 3.05) is 6.61 Å². The second-order valence-corrected chi connectivity index (χ2v) is 16.4. The molecule has 0 amide bonds. The second-order valence-electron chi connectivity index (χ2n) is 13.6. The third kappa shape index (κ3) is 4.65. The first-order valence-corrected chi connectivity index (χ1v) is 17.2. The lowest BCUT2D eigenvalue weighted by Gasteiger charge is -2.54. The Morgan fingerprint density at radius 2 is 1.18 bits per heavy atom. The maximum atomic E-state index is 6.44. The van der Waals surface area contributed by atoms with Gasteiger partial charge in [0.2, 0.25) is 0 Å². The summed E-state index contributed by atoms with van der Waals surface area (Å²) in [4.78, 5) is 5.26. The largest absolute Gasteiger partial charge is 0.478 e. The minimum atomic E-state index is 0.0688. The molecule has 0 aromatic heterocycles. The summed E-state index contributed by atoms with van der Waals surface area (Å²) < 4.78 is 6.44. The molecule has 1 heterocycles. The van der Waals surface area contributed by atoms with Gasteiger partial charge in [0.1, 0.15) is 6.61 Å². The summed E-state index contributed by atoms with van der Waals surface area (Å²) in [5, 5.41) is 0. The molecule has 9 atom stereocenters. The topological polar surface area (TPSA) is 21.6 Å². The van der Waals surface area contributed by atoms with Crippen LogP contribution >= 0.6 is 7.92 Å². The molecule has 0 saturated heterocycles. The summed E-state index contributed by atoms with van der Waals surface area (Å²) in [6.07, 6.45) is 26.0. The minimum Gasteiger partial charge on any atom is -0.478 e. The van der Waals surface area contributed by atoms with Crippen molar-refractivity contribution in [2.24, 2.45) is 40.5 Å².